The Morgan fingerprint density at radius 3 is 2.62 bits per heavy atom. The maximum atomic E-state index is 13.4. The third kappa shape index (κ3) is 4.17. The van der Waals surface area contributed by atoms with Gasteiger partial charge in [-0.05, 0) is 49.1 Å². The fourth-order valence-electron chi connectivity index (χ4n) is 3.82. The summed E-state index contributed by atoms with van der Waals surface area (Å²) in [6, 6.07) is 16.9. The first kappa shape index (κ1) is 21.8. The number of benzene rings is 2. The molecule has 0 atom stereocenters. The van der Waals surface area contributed by atoms with E-state index in [0.29, 0.717) is 22.6 Å². The molecule has 0 unspecified atom stereocenters. The molecule has 34 heavy (non-hydrogen) atoms. The summed E-state index contributed by atoms with van der Waals surface area (Å²) in [5.41, 5.74) is 2.55. The second-order valence-electron chi connectivity index (χ2n) is 7.85. The lowest BCUT2D eigenvalue weighted by Gasteiger charge is -2.11. The zero-order valence-corrected chi connectivity index (χ0v) is 19.5. The second-order valence-corrected chi connectivity index (χ2v) is 8.77. The summed E-state index contributed by atoms with van der Waals surface area (Å²) in [5.74, 6) is 1.49. The molecule has 172 valence electrons. The van der Waals surface area contributed by atoms with Gasteiger partial charge in [0.15, 0.2) is 0 Å². The molecular formula is C25H22N4O4S. The molecule has 0 N–H and O–H groups in total. The molecular weight excluding hydrogens is 452 g/mol. The Bertz CT molecular complexity index is 1580. The van der Waals surface area contributed by atoms with E-state index < -0.39 is 5.69 Å². The predicted molar refractivity (Wildman–Crippen MR) is 131 cm³/mol. The molecule has 0 radical (unpaired) electrons. The average Bonchev–Trinajstić information content (AvgIpc) is 3.51. The van der Waals surface area contributed by atoms with Gasteiger partial charge < -0.3 is 9.26 Å². The number of hydrogen-bond donors (Lipinski definition) is 0. The molecule has 0 amide bonds. The zero-order valence-electron chi connectivity index (χ0n) is 18.7. The van der Waals surface area contributed by atoms with Crippen LogP contribution in [0.2, 0.25) is 0 Å². The van der Waals surface area contributed by atoms with Gasteiger partial charge >= 0.3 is 5.69 Å². The highest BCUT2D eigenvalue weighted by atomic mass is 32.1. The molecule has 0 fully saturated rings. The van der Waals surface area contributed by atoms with Gasteiger partial charge in [-0.3, -0.25) is 13.9 Å². The van der Waals surface area contributed by atoms with Crippen molar-refractivity contribution < 1.29 is 9.26 Å². The number of aryl methyl sites for hydroxylation is 1. The van der Waals surface area contributed by atoms with Crippen LogP contribution in [0.3, 0.4) is 0 Å². The molecule has 5 aromatic rings. The SMILES string of the molecule is CCOc1ccc(Cn2c(=O)c3sccc3n(Cc3nc(-c4cccc(C)c4)no3)c2=O)cc1. The van der Waals surface area contributed by atoms with E-state index in [1.54, 1.807) is 11.4 Å². The van der Waals surface area contributed by atoms with Gasteiger partial charge in [0.05, 0.1) is 18.7 Å². The predicted octanol–water partition coefficient (Wildman–Crippen LogP) is 4.08. The van der Waals surface area contributed by atoms with E-state index in [9.17, 15) is 9.59 Å². The first-order valence-electron chi connectivity index (χ1n) is 10.9. The van der Waals surface area contributed by atoms with Crippen LogP contribution in [0.5, 0.6) is 5.75 Å². The number of aromatic nitrogens is 4. The highest BCUT2D eigenvalue weighted by Crippen LogP contribution is 2.20. The Kier molecular flexibility index (Phi) is 5.85. The van der Waals surface area contributed by atoms with Crippen molar-refractivity contribution in [3.8, 4) is 17.1 Å². The standard InChI is InChI=1S/C25H22N4O4S/c1-3-32-19-9-7-17(8-10-19)14-29-24(30)22-20(11-12-34-22)28(25(29)31)15-21-26-23(27-33-21)18-6-4-5-16(2)13-18/h4-13H,3,14-15H2,1-2H3. The van der Waals surface area contributed by atoms with Crippen molar-refractivity contribution in [3.63, 3.8) is 0 Å². The zero-order chi connectivity index (χ0) is 23.7. The molecule has 0 saturated heterocycles. The van der Waals surface area contributed by atoms with Crippen LogP contribution in [-0.2, 0) is 13.1 Å². The molecule has 0 aliphatic rings. The number of ether oxygens (including phenoxy) is 1. The van der Waals surface area contributed by atoms with Crippen molar-refractivity contribution in [3.05, 3.63) is 97.8 Å². The van der Waals surface area contributed by atoms with Crippen molar-refractivity contribution in [1.29, 1.82) is 0 Å². The molecule has 0 spiro atoms. The van der Waals surface area contributed by atoms with E-state index in [-0.39, 0.29) is 24.5 Å². The van der Waals surface area contributed by atoms with Crippen molar-refractivity contribution in [2.75, 3.05) is 6.61 Å². The van der Waals surface area contributed by atoms with E-state index in [4.69, 9.17) is 9.26 Å². The van der Waals surface area contributed by atoms with Gasteiger partial charge in [0.2, 0.25) is 11.7 Å². The van der Waals surface area contributed by atoms with Crippen LogP contribution < -0.4 is 16.0 Å². The minimum Gasteiger partial charge on any atom is -0.494 e. The van der Waals surface area contributed by atoms with Crippen molar-refractivity contribution in [1.82, 2.24) is 19.3 Å². The lowest BCUT2D eigenvalue weighted by molar-refractivity contribution is 0.340. The van der Waals surface area contributed by atoms with E-state index in [1.807, 2.05) is 62.4 Å². The van der Waals surface area contributed by atoms with Crippen LogP contribution in [0, 0.1) is 6.92 Å². The summed E-state index contributed by atoms with van der Waals surface area (Å²) in [6.45, 7) is 4.69. The number of thiophene rings is 1. The topological polar surface area (TPSA) is 92.2 Å². The third-order valence-corrected chi connectivity index (χ3v) is 6.34. The van der Waals surface area contributed by atoms with E-state index in [2.05, 4.69) is 10.1 Å². The summed E-state index contributed by atoms with van der Waals surface area (Å²) in [4.78, 5) is 31.0. The second kappa shape index (κ2) is 9.11. The Labute approximate surface area is 198 Å². The maximum absolute atomic E-state index is 13.4. The lowest BCUT2D eigenvalue weighted by atomic mass is 10.1. The van der Waals surface area contributed by atoms with E-state index in [1.165, 1.54) is 20.5 Å². The van der Waals surface area contributed by atoms with Crippen molar-refractivity contribution in [2.24, 2.45) is 0 Å². The fraction of sp³-hybridized carbons (Fsp3) is 0.200. The quantitative estimate of drug-likeness (QED) is 0.353. The average molecular weight is 475 g/mol. The highest BCUT2D eigenvalue weighted by molar-refractivity contribution is 7.17. The van der Waals surface area contributed by atoms with Crippen LogP contribution in [0.1, 0.15) is 23.9 Å². The highest BCUT2D eigenvalue weighted by Gasteiger charge is 2.17. The van der Waals surface area contributed by atoms with Gasteiger partial charge in [-0.15, -0.1) is 11.3 Å². The van der Waals surface area contributed by atoms with E-state index >= 15 is 0 Å². The number of hydrogen-bond acceptors (Lipinski definition) is 7. The minimum absolute atomic E-state index is 0.0639. The molecule has 3 aromatic heterocycles. The first-order valence-corrected chi connectivity index (χ1v) is 11.7. The van der Waals surface area contributed by atoms with Gasteiger partial charge in [0.1, 0.15) is 17.0 Å². The first-order chi connectivity index (χ1) is 16.5. The van der Waals surface area contributed by atoms with Gasteiger partial charge in [0.25, 0.3) is 5.56 Å². The molecule has 0 aliphatic carbocycles. The van der Waals surface area contributed by atoms with Gasteiger partial charge in [-0.25, -0.2) is 4.79 Å². The summed E-state index contributed by atoms with van der Waals surface area (Å²) >= 11 is 1.31. The Balaban J connectivity index is 1.51. The van der Waals surface area contributed by atoms with Crippen LogP contribution >= 0.6 is 11.3 Å². The molecule has 5 rings (SSSR count). The molecule has 0 aliphatic heterocycles. The smallest absolute Gasteiger partial charge is 0.332 e. The summed E-state index contributed by atoms with van der Waals surface area (Å²) in [7, 11) is 0. The van der Waals surface area contributed by atoms with Crippen molar-refractivity contribution in [2.45, 2.75) is 26.9 Å². The Morgan fingerprint density at radius 2 is 1.85 bits per heavy atom. The van der Waals surface area contributed by atoms with Gasteiger partial charge in [0, 0.05) is 5.56 Å². The minimum atomic E-state index is -0.430. The van der Waals surface area contributed by atoms with Crippen molar-refractivity contribution >= 4 is 21.6 Å². The van der Waals surface area contributed by atoms with E-state index in [0.717, 1.165) is 22.4 Å². The summed E-state index contributed by atoms with van der Waals surface area (Å²) in [6.07, 6.45) is 0. The molecule has 3 heterocycles. The fourth-order valence-corrected chi connectivity index (χ4v) is 4.66. The lowest BCUT2D eigenvalue weighted by Crippen LogP contribution is -2.40. The third-order valence-electron chi connectivity index (χ3n) is 5.45. The Hall–Kier alpha value is -3.98. The Morgan fingerprint density at radius 1 is 1.03 bits per heavy atom. The summed E-state index contributed by atoms with van der Waals surface area (Å²) < 4.78 is 14.2. The number of rotatable bonds is 7. The monoisotopic (exact) mass is 474 g/mol. The molecule has 0 bridgehead atoms. The number of fused-ring (bicyclic) bond motifs is 1. The largest absolute Gasteiger partial charge is 0.494 e. The van der Waals surface area contributed by atoms with Gasteiger partial charge in [-0.1, -0.05) is 41.1 Å². The normalized spacial score (nSPS) is 11.2. The molecule has 0 saturated carbocycles. The molecule has 2 aromatic carbocycles. The van der Waals surface area contributed by atoms with Crippen LogP contribution in [0.15, 0.2) is 74.1 Å². The van der Waals surface area contributed by atoms with Crippen LogP contribution in [-0.4, -0.2) is 25.9 Å². The summed E-state index contributed by atoms with van der Waals surface area (Å²) in [5, 5.41) is 5.87. The molecule has 9 heteroatoms. The van der Waals surface area contributed by atoms with Crippen LogP contribution in [0.4, 0.5) is 0 Å². The maximum Gasteiger partial charge on any atom is 0.332 e. The number of nitrogens with zero attached hydrogens (tertiary/aromatic N) is 4. The van der Waals surface area contributed by atoms with Crippen LogP contribution in [0.25, 0.3) is 21.6 Å². The molecule has 8 nitrogen and oxygen atoms in total. The van der Waals surface area contributed by atoms with Gasteiger partial charge in [-0.2, -0.15) is 4.98 Å².